The molecule has 2 nitrogen and oxygen atoms in total. The molecule has 0 saturated carbocycles. The molecular formula is C13H25F3N2S. The molecular weight excluding hydrogens is 273 g/mol. The molecule has 1 rings (SSSR count). The zero-order valence-corrected chi connectivity index (χ0v) is 12.8. The van der Waals surface area contributed by atoms with Crippen molar-refractivity contribution in [1.29, 1.82) is 0 Å². The second kappa shape index (κ2) is 7.74. The van der Waals surface area contributed by atoms with Gasteiger partial charge in [-0.1, -0.05) is 20.3 Å². The molecule has 19 heavy (non-hydrogen) atoms. The Labute approximate surface area is 118 Å². The first kappa shape index (κ1) is 17.1. The van der Waals surface area contributed by atoms with Gasteiger partial charge in [-0.3, -0.25) is 4.90 Å². The molecule has 0 aromatic heterocycles. The lowest BCUT2D eigenvalue weighted by molar-refractivity contribution is -0.0329. The zero-order valence-electron chi connectivity index (χ0n) is 12.0. The Bertz CT molecular complexity index is 261. The number of thioether (sulfide) groups is 1. The molecule has 0 bridgehead atoms. The van der Waals surface area contributed by atoms with Crippen LogP contribution in [0, 0.1) is 5.92 Å². The van der Waals surface area contributed by atoms with E-state index in [4.69, 9.17) is 0 Å². The highest BCUT2D eigenvalue weighted by Gasteiger charge is 2.30. The Morgan fingerprint density at radius 1 is 1.42 bits per heavy atom. The number of alkyl halides is 3. The Morgan fingerprint density at radius 3 is 2.68 bits per heavy atom. The molecule has 1 saturated heterocycles. The van der Waals surface area contributed by atoms with E-state index in [-0.39, 0.29) is 17.5 Å². The highest BCUT2D eigenvalue weighted by Crippen LogP contribution is 2.30. The van der Waals surface area contributed by atoms with Crippen LogP contribution in [0.2, 0.25) is 0 Å². The van der Waals surface area contributed by atoms with Crippen LogP contribution in [-0.4, -0.2) is 47.9 Å². The van der Waals surface area contributed by atoms with E-state index in [0.717, 1.165) is 25.9 Å². The van der Waals surface area contributed by atoms with Crippen molar-refractivity contribution >= 4 is 11.8 Å². The summed E-state index contributed by atoms with van der Waals surface area (Å²) in [5.74, 6) is 0.684. The molecule has 3 atom stereocenters. The molecule has 0 spiro atoms. The summed E-state index contributed by atoms with van der Waals surface area (Å²) in [6.07, 6.45) is 2.10. The second-order valence-corrected chi connectivity index (χ2v) is 6.53. The third-order valence-electron chi connectivity index (χ3n) is 4.00. The van der Waals surface area contributed by atoms with E-state index in [2.05, 4.69) is 31.0 Å². The van der Waals surface area contributed by atoms with Crippen LogP contribution in [0.25, 0.3) is 0 Å². The van der Waals surface area contributed by atoms with Crippen molar-refractivity contribution < 1.29 is 13.2 Å². The highest BCUT2D eigenvalue weighted by atomic mass is 32.2. The zero-order chi connectivity index (χ0) is 14.5. The molecule has 1 heterocycles. The first-order valence-electron chi connectivity index (χ1n) is 7.01. The van der Waals surface area contributed by atoms with Crippen molar-refractivity contribution in [2.24, 2.45) is 5.92 Å². The topological polar surface area (TPSA) is 15.3 Å². The van der Waals surface area contributed by atoms with E-state index < -0.39 is 5.51 Å². The minimum atomic E-state index is -4.11. The minimum Gasteiger partial charge on any atom is -0.312 e. The Hall–Kier alpha value is 0.0600. The summed E-state index contributed by atoms with van der Waals surface area (Å²) in [6, 6.07) is 0.751. The summed E-state index contributed by atoms with van der Waals surface area (Å²) in [5, 5.41) is 3.53. The van der Waals surface area contributed by atoms with E-state index in [9.17, 15) is 13.2 Å². The predicted molar refractivity (Wildman–Crippen MR) is 75.4 cm³/mol. The van der Waals surface area contributed by atoms with Crippen molar-refractivity contribution in [2.45, 2.75) is 51.2 Å². The smallest absolute Gasteiger partial charge is 0.312 e. The minimum absolute atomic E-state index is 0.0894. The summed E-state index contributed by atoms with van der Waals surface area (Å²) in [6.45, 7) is 8.80. The molecule has 3 unspecified atom stereocenters. The van der Waals surface area contributed by atoms with Crippen molar-refractivity contribution in [2.75, 3.05) is 25.4 Å². The van der Waals surface area contributed by atoms with E-state index in [1.54, 1.807) is 0 Å². The van der Waals surface area contributed by atoms with E-state index >= 15 is 0 Å². The summed E-state index contributed by atoms with van der Waals surface area (Å²) < 4.78 is 36.5. The maximum atomic E-state index is 12.2. The van der Waals surface area contributed by atoms with Crippen molar-refractivity contribution in [3.63, 3.8) is 0 Å². The lowest BCUT2D eigenvalue weighted by atomic mass is 9.99. The molecule has 0 radical (unpaired) electrons. The van der Waals surface area contributed by atoms with Gasteiger partial charge < -0.3 is 5.32 Å². The van der Waals surface area contributed by atoms with E-state index in [0.29, 0.717) is 24.5 Å². The lowest BCUT2D eigenvalue weighted by Gasteiger charge is -2.31. The predicted octanol–water partition coefficient (Wildman–Crippen LogP) is 3.34. The number of rotatable bonds is 5. The molecule has 1 N–H and O–H groups in total. The van der Waals surface area contributed by atoms with Crippen molar-refractivity contribution in [3.05, 3.63) is 0 Å². The number of hydrogen-bond acceptors (Lipinski definition) is 3. The molecule has 0 amide bonds. The fraction of sp³-hybridized carbons (Fsp3) is 1.00. The van der Waals surface area contributed by atoms with Gasteiger partial charge in [-0.15, -0.1) is 0 Å². The lowest BCUT2D eigenvalue weighted by Crippen LogP contribution is -2.44. The third-order valence-corrected chi connectivity index (χ3v) is 4.71. The number of halogens is 3. The average molecular weight is 298 g/mol. The van der Waals surface area contributed by atoms with Gasteiger partial charge in [-0.2, -0.15) is 13.2 Å². The van der Waals surface area contributed by atoms with Gasteiger partial charge in [0.1, 0.15) is 0 Å². The Morgan fingerprint density at radius 2 is 2.11 bits per heavy atom. The Kier molecular flexibility index (Phi) is 6.97. The standard InChI is InChI=1S/C13H25F3N2S/c1-4-10(2)12-9-18(11(3)5-6-17-12)7-8-19-13(14,15)16/h10-12,17H,4-9H2,1-3H3. The number of hydrogen-bond donors (Lipinski definition) is 1. The largest absolute Gasteiger partial charge is 0.441 e. The van der Waals surface area contributed by atoms with Crippen LogP contribution in [0.1, 0.15) is 33.6 Å². The first-order chi connectivity index (χ1) is 8.83. The quantitative estimate of drug-likeness (QED) is 0.838. The first-order valence-corrected chi connectivity index (χ1v) is 8.00. The van der Waals surface area contributed by atoms with E-state index in [1.165, 1.54) is 0 Å². The van der Waals surface area contributed by atoms with Crippen LogP contribution in [0.4, 0.5) is 13.2 Å². The summed E-state index contributed by atoms with van der Waals surface area (Å²) in [4.78, 5) is 2.20. The van der Waals surface area contributed by atoms with Crippen LogP contribution in [0.5, 0.6) is 0 Å². The van der Waals surface area contributed by atoms with E-state index in [1.807, 2.05) is 0 Å². The van der Waals surface area contributed by atoms with Gasteiger partial charge in [-0.05, 0) is 37.6 Å². The average Bonchev–Trinajstić information content (AvgIpc) is 2.50. The Balaban J connectivity index is 2.48. The number of nitrogens with zero attached hydrogens (tertiary/aromatic N) is 1. The van der Waals surface area contributed by atoms with Gasteiger partial charge in [0.2, 0.25) is 0 Å². The normalized spacial score (nSPS) is 28.1. The molecule has 0 aliphatic carbocycles. The summed E-state index contributed by atoms with van der Waals surface area (Å²) in [7, 11) is 0. The van der Waals surface area contributed by atoms with Gasteiger partial charge in [0, 0.05) is 30.9 Å². The maximum absolute atomic E-state index is 12.2. The molecule has 1 fully saturated rings. The second-order valence-electron chi connectivity index (χ2n) is 5.37. The molecule has 0 aromatic carbocycles. The molecule has 1 aliphatic rings. The summed E-state index contributed by atoms with van der Waals surface area (Å²) >= 11 is 0.0894. The summed E-state index contributed by atoms with van der Waals surface area (Å²) in [5.41, 5.74) is -4.11. The highest BCUT2D eigenvalue weighted by molar-refractivity contribution is 8.00. The van der Waals surface area contributed by atoms with Gasteiger partial charge in [-0.25, -0.2) is 0 Å². The van der Waals surface area contributed by atoms with Crippen molar-refractivity contribution in [3.8, 4) is 0 Å². The van der Waals surface area contributed by atoms with Crippen LogP contribution in [-0.2, 0) is 0 Å². The van der Waals surface area contributed by atoms with Gasteiger partial charge in [0.25, 0.3) is 0 Å². The fourth-order valence-corrected chi connectivity index (χ4v) is 2.97. The molecule has 0 aromatic rings. The molecule has 1 aliphatic heterocycles. The van der Waals surface area contributed by atoms with Crippen LogP contribution < -0.4 is 5.32 Å². The van der Waals surface area contributed by atoms with Crippen molar-refractivity contribution in [1.82, 2.24) is 10.2 Å². The van der Waals surface area contributed by atoms with Crippen LogP contribution in [0.15, 0.2) is 0 Å². The molecule has 6 heteroatoms. The fourth-order valence-electron chi connectivity index (χ4n) is 2.41. The van der Waals surface area contributed by atoms with Gasteiger partial charge in [0.05, 0.1) is 0 Å². The van der Waals surface area contributed by atoms with Crippen LogP contribution >= 0.6 is 11.8 Å². The number of nitrogens with one attached hydrogen (secondary N) is 1. The monoisotopic (exact) mass is 298 g/mol. The van der Waals surface area contributed by atoms with Gasteiger partial charge >= 0.3 is 5.51 Å². The third kappa shape index (κ3) is 6.36. The molecule has 114 valence electrons. The van der Waals surface area contributed by atoms with Gasteiger partial charge in [0.15, 0.2) is 0 Å². The maximum Gasteiger partial charge on any atom is 0.441 e. The SMILES string of the molecule is CCC(C)C1CN(CCSC(F)(F)F)C(C)CCN1. The van der Waals surface area contributed by atoms with Crippen LogP contribution in [0.3, 0.4) is 0 Å².